The molecular weight excluding hydrogens is 397 g/mol. The first-order chi connectivity index (χ1) is 14.0. The van der Waals surface area contributed by atoms with Gasteiger partial charge in [0.25, 0.3) is 0 Å². The molecule has 0 radical (unpaired) electrons. The number of benzene rings is 1. The Labute approximate surface area is 172 Å². The highest BCUT2D eigenvalue weighted by molar-refractivity contribution is 7.09. The van der Waals surface area contributed by atoms with Crippen molar-refractivity contribution in [3.8, 4) is 5.75 Å². The van der Waals surface area contributed by atoms with Gasteiger partial charge in [0.15, 0.2) is 5.69 Å². The first-order valence-electron chi connectivity index (χ1n) is 9.89. The van der Waals surface area contributed by atoms with Gasteiger partial charge in [0.2, 0.25) is 0 Å². The lowest BCUT2D eigenvalue weighted by atomic mass is 9.87. The quantitative estimate of drug-likeness (QED) is 0.737. The number of aliphatic hydroxyl groups is 1. The molecule has 2 fully saturated rings. The molecule has 4 rings (SSSR count). The SMILES string of the molecule is CCc1ccc(OC[C@@H]2[C@H]3CC[C@H](c4nc(C(=O)O)cs4)O[C@H]3C[C@H]2O)cc1F. The second-order valence-corrected chi connectivity index (χ2v) is 8.55. The normalized spacial score (nSPS) is 28.9. The first-order valence-corrected chi connectivity index (χ1v) is 10.8. The van der Waals surface area contributed by atoms with Gasteiger partial charge in [-0.3, -0.25) is 0 Å². The van der Waals surface area contributed by atoms with E-state index in [0.717, 1.165) is 12.8 Å². The van der Waals surface area contributed by atoms with Crippen molar-refractivity contribution >= 4 is 17.3 Å². The number of carbonyl (C=O) groups is 1. The summed E-state index contributed by atoms with van der Waals surface area (Å²) in [5, 5.41) is 21.8. The Morgan fingerprint density at radius 1 is 1.41 bits per heavy atom. The maximum Gasteiger partial charge on any atom is 0.355 e. The van der Waals surface area contributed by atoms with Gasteiger partial charge in [-0.2, -0.15) is 0 Å². The molecule has 29 heavy (non-hydrogen) atoms. The Kier molecular flexibility index (Phi) is 5.85. The van der Waals surface area contributed by atoms with Gasteiger partial charge in [-0.25, -0.2) is 14.2 Å². The molecule has 2 aliphatic rings. The third kappa shape index (κ3) is 4.15. The molecule has 0 spiro atoms. The summed E-state index contributed by atoms with van der Waals surface area (Å²) >= 11 is 1.29. The van der Waals surface area contributed by atoms with Crippen LogP contribution >= 0.6 is 11.3 Å². The van der Waals surface area contributed by atoms with Crippen molar-refractivity contribution in [3.63, 3.8) is 0 Å². The van der Waals surface area contributed by atoms with Crippen molar-refractivity contribution in [3.05, 3.63) is 45.7 Å². The third-order valence-electron chi connectivity index (χ3n) is 5.96. The van der Waals surface area contributed by atoms with Gasteiger partial charge in [0.1, 0.15) is 22.7 Å². The van der Waals surface area contributed by atoms with Crippen LogP contribution in [0.5, 0.6) is 5.75 Å². The minimum absolute atomic E-state index is 0.0368. The molecule has 2 heterocycles. The van der Waals surface area contributed by atoms with Crippen LogP contribution < -0.4 is 4.74 Å². The average Bonchev–Trinajstić information content (AvgIpc) is 3.30. The number of aromatic nitrogens is 1. The number of hydrogen-bond donors (Lipinski definition) is 2. The minimum atomic E-state index is -1.04. The molecule has 6 nitrogen and oxygen atoms in total. The van der Waals surface area contributed by atoms with Gasteiger partial charge >= 0.3 is 5.97 Å². The smallest absolute Gasteiger partial charge is 0.355 e. The minimum Gasteiger partial charge on any atom is -0.493 e. The standard InChI is InChI=1S/C21H24FNO5S/c1-2-11-3-4-12(7-15(11)22)27-9-14-13-5-6-18(28-19(13)8-17(14)24)20-23-16(10-29-20)21(25)26/h3-4,7,10,13-14,17-19,24H,2,5-6,8-9H2,1H3,(H,25,26)/t13-,14-,17-,18-,19+/m1/s1. The van der Waals surface area contributed by atoms with Crippen LogP contribution in [0.15, 0.2) is 23.6 Å². The largest absolute Gasteiger partial charge is 0.493 e. The molecule has 1 aromatic carbocycles. The number of aryl methyl sites for hydroxylation is 1. The Hall–Kier alpha value is -2.03. The number of aromatic carboxylic acids is 1. The monoisotopic (exact) mass is 421 g/mol. The van der Waals surface area contributed by atoms with Gasteiger partial charge in [0.05, 0.1) is 18.8 Å². The summed E-state index contributed by atoms with van der Waals surface area (Å²) in [6.45, 7) is 2.21. The van der Waals surface area contributed by atoms with Gasteiger partial charge < -0.3 is 19.7 Å². The summed E-state index contributed by atoms with van der Waals surface area (Å²) in [7, 11) is 0. The Bertz CT molecular complexity index is 888. The fraction of sp³-hybridized carbons (Fsp3) is 0.524. The van der Waals surface area contributed by atoms with E-state index in [4.69, 9.17) is 14.6 Å². The van der Waals surface area contributed by atoms with Crippen LogP contribution in [0.4, 0.5) is 4.39 Å². The van der Waals surface area contributed by atoms with Crippen LogP contribution in [0.2, 0.25) is 0 Å². The van der Waals surface area contributed by atoms with E-state index in [9.17, 15) is 14.3 Å². The molecule has 1 saturated carbocycles. The van der Waals surface area contributed by atoms with Crippen LogP contribution in [0, 0.1) is 17.7 Å². The van der Waals surface area contributed by atoms with Crippen molar-refractivity contribution in [1.82, 2.24) is 4.98 Å². The number of aliphatic hydroxyl groups excluding tert-OH is 1. The number of carboxylic acids is 1. The van der Waals surface area contributed by atoms with Gasteiger partial charge in [-0.15, -0.1) is 11.3 Å². The number of hydrogen-bond acceptors (Lipinski definition) is 6. The van der Waals surface area contributed by atoms with Gasteiger partial charge in [-0.05, 0) is 36.8 Å². The molecule has 1 saturated heterocycles. The molecule has 0 unspecified atom stereocenters. The Balaban J connectivity index is 1.38. The molecule has 0 bridgehead atoms. The van der Waals surface area contributed by atoms with Crippen molar-refractivity contribution in [2.24, 2.45) is 11.8 Å². The van der Waals surface area contributed by atoms with Crippen LogP contribution in [0.3, 0.4) is 0 Å². The Morgan fingerprint density at radius 3 is 2.93 bits per heavy atom. The summed E-state index contributed by atoms with van der Waals surface area (Å²) in [5.41, 5.74) is 0.688. The maximum absolute atomic E-state index is 14.0. The summed E-state index contributed by atoms with van der Waals surface area (Å²) in [6, 6.07) is 4.89. The maximum atomic E-state index is 14.0. The van der Waals surface area contributed by atoms with E-state index in [-0.39, 0.29) is 35.6 Å². The molecule has 1 aliphatic heterocycles. The predicted molar refractivity (Wildman–Crippen MR) is 105 cm³/mol. The summed E-state index contributed by atoms with van der Waals surface area (Å²) in [6.07, 6.45) is 1.79. The number of thiazole rings is 1. The number of rotatable bonds is 6. The molecule has 0 amide bonds. The highest BCUT2D eigenvalue weighted by Gasteiger charge is 2.47. The van der Waals surface area contributed by atoms with E-state index in [2.05, 4.69) is 4.98 Å². The molecule has 1 aromatic heterocycles. The van der Waals surface area contributed by atoms with Crippen molar-refractivity contribution in [2.45, 2.75) is 50.9 Å². The van der Waals surface area contributed by atoms with Gasteiger partial charge in [0, 0.05) is 23.8 Å². The lowest BCUT2D eigenvalue weighted by molar-refractivity contribution is -0.0812. The summed E-state index contributed by atoms with van der Waals surface area (Å²) < 4.78 is 25.9. The molecule has 156 valence electrons. The van der Waals surface area contributed by atoms with Crippen LogP contribution in [0.1, 0.15) is 53.3 Å². The second-order valence-electron chi connectivity index (χ2n) is 7.67. The topological polar surface area (TPSA) is 88.9 Å². The van der Waals surface area contributed by atoms with Gasteiger partial charge in [-0.1, -0.05) is 13.0 Å². The van der Waals surface area contributed by atoms with E-state index >= 15 is 0 Å². The zero-order valence-corrected chi connectivity index (χ0v) is 16.9. The number of halogens is 1. The fourth-order valence-corrected chi connectivity index (χ4v) is 5.24. The zero-order valence-electron chi connectivity index (χ0n) is 16.1. The number of nitrogens with zero attached hydrogens (tertiary/aromatic N) is 1. The molecule has 2 N–H and O–H groups in total. The lowest BCUT2D eigenvalue weighted by Gasteiger charge is -2.33. The number of carboxylic acid groups (broad SMARTS) is 1. The van der Waals surface area contributed by atoms with E-state index in [1.807, 2.05) is 6.92 Å². The molecule has 5 atom stereocenters. The second kappa shape index (κ2) is 8.38. The van der Waals surface area contributed by atoms with Crippen molar-refractivity contribution in [1.29, 1.82) is 0 Å². The summed E-state index contributed by atoms with van der Waals surface area (Å²) in [5.74, 6) is -0.782. The molecule has 8 heteroatoms. The molecule has 1 aliphatic carbocycles. The first kappa shape index (κ1) is 20.3. The molecular formula is C21H24FNO5S. The van der Waals surface area contributed by atoms with Crippen LogP contribution in [-0.2, 0) is 11.2 Å². The van der Waals surface area contributed by atoms with E-state index in [1.165, 1.54) is 22.8 Å². The highest BCUT2D eigenvalue weighted by Crippen LogP contribution is 2.46. The number of fused-ring (bicyclic) bond motifs is 1. The lowest BCUT2D eigenvalue weighted by Crippen LogP contribution is -2.33. The highest BCUT2D eigenvalue weighted by atomic mass is 32.1. The number of ether oxygens (including phenoxy) is 2. The van der Waals surface area contributed by atoms with Crippen LogP contribution in [0.25, 0.3) is 0 Å². The zero-order chi connectivity index (χ0) is 20.5. The molecule has 2 aromatic rings. The summed E-state index contributed by atoms with van der Waals surface area (Å²) in [4.78, 5) is 15.2. The van der Waals surface area contributed by atoms with E-state index < -0.39 is 12.1 Å². The van der Waals surface area contributed by atoms with Crippen LogP contribution in [-0.4, -0.2) is 40.0 Å². The Morgan fingerprint density at radius 2 is 2.24 bits per heavy atom. The van der Waals surface area contributed by atoms with E-state index in [0.29, 0.717) is 35.8 Å². The predicted octanol–water partition coefficient (Wildman–Crippen LogP) is 3.84. The average molecular weight is 421 g/mol. The van der Waals surface area contributed by atoms with E-state index in [1.54, 1.807) is 12.1 Å². The fourth-order valence-electron chi connectivity index (χ4n) is 4.38. The van der Waals surface area contributed by atoms with Crippen molar-refractivity contribution < 1.29 is 28.9 Å². The van der Waals surface area contributed by atoms with Crippen molar-refractivity contribution in [2.75, 3.05) is 6.61 Å². The third-order valence-corrected chi connectivity index (χ3v) is 6.90.